The normalized spacial score (nSPS) is 19.1. The highest BCUT2D eigenvalue weighted by molar-refractivity contribution is 6.33. The van der Waals surface area contributed by atoms with Crippen LogP contribution in [0.2, 0.25) is 5.02 Å². The summed E-state index contributed by atoms with van der Waals surface area (Å²) in [5.41, 5.74) is 0.323. The molecule has 1 atom stereocenters. The van der Waals surface area contributed by atoms with Crippen LogP contribution in [-0.2, 0) is 0 Å². The van der Waals surface area contributed by atoms with Gasteiger partial charge >= 0.3 is 0 Å². The van der Waals surface area contributed by atoms with Gasteiger partial charge in [-0.25, -0.2) is 0 Å². The van der Waals surface area contributed by atoms with Crippen LogP contribution in [0.5, 0.6) is 5.75 Å². The summed E-state index contributed by atoms with van der Waals surface area (Å²) in [6, 6.07) is 4.38. The molecule has 1 saturated heterocycles. The quantitative estimate of drug-likeness (QED) is 0.793. The summed E-state index contributed by atoms with van der Waals surface area (Å²) < 4.78 is 0. The maximum absolute atomic E-state index is 11.9. The third-order valence-corrected chi connectivity index (χ3v) is 3.76. The zero-order chi connectivity index (χ0) is 13.7. The molecule has 1 aromatic carbocycles. The number of amides is 1. The van der Waals surface area contributed by atoms with E-state index in [-0.39, 0.29) is 11.7 Å². The molecule has 1 fully saturated rings. The van der Waals surface area contributed by atoms with Crippen molar-refractivity contribution in [2.45, 2.75) is 19.3 Å². The van der Waals surface area contributed by atoms with Gasteiger partial charge in [0, 0.05) is 6.54 Å². The number of halogens is 1. The number of nitrogens with one attached hydrogen (secondary N) is 2. The van der Waals surface area contributed by atoms with E-state index in [1.165, 1.54) is 31.0 Å². The highest BCUT2D eigenvalue weighted by Crippen LogP contribution is 2.21. The van der Waals surface area contributed by atoms with Gasteiger partial charge in [-0.05, 0) is 56.5 Å². The molecule has 0 radical (unpaired) electrons. The number of carbonyl (C=O) groups excluding carboxylic acids is 1. The van der Waals surface area contributed by atoms with Crippen molar-refractivity contribution in [1.82, 2.24) is 10.6 Å². The molecule has 1 amide bonds. The van der Waals surface area contributed by atoms with Crippen LogP contribution in [0.1, 0.15) is 29.6 Å². The fraction of sp³-hybridized carbons (Fsp3) is 0.500. The lowest BCUT2D eigenvalue weighted by Crippen LogP contribution is -2.33. The largest absolute Gasteiger partial charge is 0.508 e. The Bertz CT molecular complexity index is 445. The van der Waals surface area contributed by atoms with E-state index >= 15 is 0 Å². The van der Waals surface area contributed by atoms with Crippen molar-refractivity contribution < 1.29 is 9.90 Å². The highest BCUT2D eigenvalue weighted by Gasteiger charge is 2.14. The van der Waals surface area contributed by atoms with Gasteiger partial charge in [-0.1, -0.05) is 11.6 Å². The van der Waals surface area contributed by atoms with Crippen LogP contribution in [0.25, 0.3) is 0 Å². The van der Waals surface area contributed by atoms with Crippen molar-refractivity contribution in [3.8, 4) is 5.75 Å². The molecule has 104 valence electrons. The summed E-state index contributed by atoms with van der Waals surface area (Å²) in [6.45, 7) is 2.77. The summed E-state index contributed by atoms with van der Waals surface area (Å²) in [5, 5.41) is 15.9. The number of phenolic OH excluding ortho intramolecular Hbond substituents is 1. The van der Waals surface area contributed by atoms with Gasteiger partial charge in [0.15, 0.2) is 0 Å². The minimum atomic E-state index is -0.232. The van der Waals surface area contributed by atoms with Crippen molar-refractivity contribution in [2.75, 3.05) is 19.6 Å². The second kappa shape index (κ2) is 6.78. The molecule has 4 nitrogen and oxygen atoms in total. The Morgan fingerprint density at radius 1 is 1.53 bits per heavy atom. The van der Waals surface area contributed by atoms with E-state index in [2.05, 4.69) is 10.6 Å². The van der Waals surface area contributed by atoms with Crippen LogP contribution >= 0.6 is 11.6 Å². The molecular weight excluding hydrogens is 264 g/mol. The molecule has 1 aromatic rings. The monoisotopic (exact) mass is 282 g/mol. The second-order valence-corrected chi connectivity index (χ2v) is 5.33. The lowest BCUT2D eigenvalue weighted by Gasteiger charge is -2.22. The Labute approximate surface area is 118 Å². The predicted molar refractivity (Wildman–Crippen MR) is 75.7 cm³/mol. The van der Waals surface area contributed by atoms with Gasteiger partial charge in [0.05, 0.1) is 10.6 Å². The molecule has 3 N–H and O–H groups in total. The van der Waals surface area contributed by atoms with Crippen LogP contribution in [0, 0.1) is 5.92 Å². The van der Waals surface area contributed by atoms with Crippen molar-refractivity contribution in [3.05, 3.63) is 28.8 Å². The van der Waals surface area contributed by atoms with Gasteiger partial charge in [-0.3, -0.25) is 4.79 Å². The van der Waals surface area contributed by atoms with Crippen LogP contribution in [0.15, 0.2) is 18.2 Å². The second-order valence-electron chi connectivity index (χ2n) is 4.92. The topological polar surface area (TPSA) is 61.4 Å². The van der Waals surface area contributed by atoms with Crippen LogP contribution in [-0.4, -0.2) is 30.6 Å². The molecule has 1 unspecified atom stereocenters. The molecule has 0 saturated carbocycles. The number of hydrogen-bond donors (Lipinski definition) is 3. The Morgan fingerprint density at radius 2 is 2.37 bits per heavy atom. The number of hydrogen-bond acceptors (Lipinski definition) is 3. The minimum Gasteiger partial charge on any atom is -0.508 e. The van der Waals surface area contributed by atoms with E-state index in [0.29, 0.717) is 23.0 Å². The molecule has 1 aliphatic heterocycles. The smallest absolute Gasteiger partial charge is 0.252 e. The lowest BCUT2D eigenvalue weighted by atomic mass is 9.96. The highest BCUT2D eigenvalue weighted by atomic mass is 35.5. The van der Waals surface area contributed by atoms with Crippen LogP contribution in [0.3, 0.4) is 0 Å². The number of benzene rings is 1. The zero-order valence-electron chi connectivity index (χ0n) is 10.8. The third-order valence-electron chi connectivity index (χ3n) is 3.43. The zero-order valence-corrected chi connectivity index (χ0v) is 11.5. The number of aromatic hydroxyl groups is 1. The van der Waals surface area contributed by atoms with Crippen LogP contribution in [0.4, 0.5) is 0 Å². The van der Waals surface area contributed by atoms with Crippen molar-refractivity contribution in [1.29, 1.82) is 0 Å². The van der Waals surface area contributed by atoms with E-state index in [0.717, 1.165) is 19.5 Å². The van der Waals surface area contributed by atoms with Gasteiger partial charge in [0.2, 0.25) is 0 Å². The summed E-state index contributed by atoms with van der Waals surface area (Å²) in [7, 11) is 0. The summed E-state index contributed by atoms with van der Waals surface area (Å²) >= 11 is 5.94. The van der Waals surface area contributed by atoms with E-state index in [9.17, 15) is 9.90 Å². The molecule has 0 spiro atoms. The average molecular weight is 283 g/mol. The first-order valence-electron chi connectivity index (χ1n) is 6.64. The summed E-state index contributed by atoms with van der Waals surface area (Å²) in [6.07, 6.45) is 3.39. The molecule has 0 aromatic heterocycles. The molecule has 0 bridgehead atoms. The number of carbonyl (C=O) groups is 1. The van der Waals surface area contributed by atoms with Crippen molar-refractivity contribution in [2.24, 2.45) is 5.92 Å². The SMILES string of the molecule is O=C(NCCC1CCCNC1)c1cc(O)ccc1Cl. The number of phenols is 1. The van der Waals surface area contributed by atoms with Crippen molar-refractivity contribution in [3.63, 3.8) is 0 Å². The van der Waals surface area contributed by atoms with Gasteiger partial charge in [-0.15, -0.1) is 0 Å². The fourth-order valence-electron chi connectivity index (χ4n) is 2.34. The first kappa shape index (κ1) is 14.2. The van der Waals surface area contributed by atoms with Gasteiger partial charge in [0.25, 0.3) is 5.91 Å². The van der Waals surface area contributed by atoms with Gasteiger partial charge < -0.3 is 15.7 Å². The summed E-state index contributed by atoms with van der Waals surface area (Å²) in [5.74, 6) is 0.449. The van der Waals surface area contributed by atoms with Gasteiger partial charge in [0.1, 0.15) is 5.75 Å². The first-order chi connectivity index (χ1) is 9.16. The molecule has 5 heteroatoms. The fourth-order valence-corrected chi connectivity index (χ4v) is 2.55. The molecule has 2 rings (SSSR count). The predicted octanol–water partition coefficient (Wildman–Crippen LogP) is 2.17. The molecule has 1 heterocycles. The number of piperidine rings is 1. The molecular formula is C14H19ClN2O2. The van der Waals surface area contributed by atoms with E-state index in [1.807, 2.05) is 0 Å². The maximum Gasteiger partial charge on any atom is 0.252 e. The average Bonchev–Trinajstić information content (AvgIpc) is 2.42. The van der Waals surface area contributed by atoms with Crippen LogP contribution < -0.4 is 10.6 Å². The summed E-state index contributed by atoms with van der Waals surface area (Å²) in [4.78, 5) is 11.9. The first-order valence-corrected chi connectivity index (χ1v) is 7.02. The Morgan fingerprint density at radius 3 is 3.11 bits per heavy atom. The Balaban J connectivity index is 1.82. The molecule has 19 heavy (non-hydrogen) atoms. The van der Waals surface area contributed by atoms with E-state index < -0.39 is 0 Å². The lowest BCUT2D eigenvalue weighted by molar-refractivity contribution is 0.0950. The van der Waals surface area contributed by atoms with E-state index in [1.54, 1.807) is 0 Å². The molecule has 1 aliphatic rings. The Hall–Kier alpha value is -1.26. The third kappa shape index (κ3) is 4.11. The maximum atomic E-state index is 11.9. The standard InChI is InChI=1S/C14H19ClN2O2/c15-13-4-3-11(18)8-12(13)14(19)17-7-5-10-2-1-6-16-9-10/h3-4,8,10,16,18H,1-2,5-7,9H2,(H,17,19). The Kier molecular flexibility index (Phi) is 5.05. The van der Waals surface area contributed by atoms with Gasteiger partial charge in [-0.2, -0.15) is 0 Å². The van der Waals surface area contributed by atoms with E-state index in [4.69, 9.17) is 11.6 Å². The number of rotatable bonds is 4. The minimum absolute atomic E-state index is 0.0473. The molecule has 0 aliphatic carbocycles. The van der Waals surface area contributed by atoms with Crippen molar-refractivity contribution >= 4 is 17.5 Å².